The number of carbonyl (C=O) groups is 2. The van der Waals surface area contributed by atoms with Crippen LogP contribution in [0.2, 0.25) is 5.02 Å². The molecule has 2 amide bonds. The number of carbonyl (C=O) groups excluding carboxylic acids is 2. The molecule has 1 aliphatic heterocycles. The van der Waals surface area contributed by atoms with Crippen LogP contribution in [0.3, 0.4) is 0 Å². The molecule has 0 saturated carbocycles. The maximum atomic E-state index is 11.9. The van der Waals surface area contributed by atoms with Gasteiger partial charge in [0, 0.05) is 30.6 Å². The monoisotopic (exact) mass is 324 g/mol. The highest BCUT2D eigenvalue weighted by Crippen LogP contribution is 2.23. The SMILES string of the molecule is COC(=O)N1CC[C@H](NC(C)=O)C[C@H]1Cc1ccc(Cl)cc1. The zero-order valence-electron chi connectivity index (χ0n) is 12.8. The van der Waals surface area contributed by atoms with Gasteiger partial charge in [-0.1, -0.05) is 23.7 Å². The van der Waals surface area contributed by atoms with Gasteiger partial charge in [-0.2, -0.15) is 0 Å². The minimum absolute atomic E-state index is 0.000717. The van der Waals surface area contributed by atoms with Crippen LogP contribution in [-0.4, -0.2) is 42.6 Å². The van der Waals surface area contributed by atoms with E-state index in [1.54, 1.807) is 4.90 Å². The molecule has 2 rings (SSSR count). The van der Waals surface area contributed by atoms with Gasteiger partial charge in [0.05, 0.1) is 7.11 Å². The van der Waals surface area contributed by atoms with E-state index in [1.807, 2.05) is 24.3 Å². The first-order chi connectivity index (χ1) is 10.5. The molecular formula is C16H21ClN2O3. The molecule has 0 aromatic heterocycles. The van der Waals surface area contributed by atoms with Gasteiger partial charge in [-0.25, -0.2) is 4.79 Å². The molecule has 6 heteroatoms. The van der Waals surface area contributed by atoms with Crippen LogP contribution in [0.4, 0.5) is 4.79 Å². The first kappa shape index (κ1) is 16.6. The summed E-state index contributed by atoms with van der Waals surface area (Å²) in [5.41, 5.74) is 1.10. The van der Waals surface area contributed by atoms with Crippen molar-refractivity contribution in [2.75, 3.05) is 13.7 Å². The Bertz CT molecular complexity index is 533. The third kappa shape index (κ3) is 4.37. The summed E-state index contributed by atoms with van der Waals surface area (Å²) in [5, 5.41) is 3.63. The van der Waals surface area contributed by atoms with Crippen molar-refractivity contribution in [3.8, 4) is 0 Å². The van der Waals surface area contributed by atoms with E-state index in [0.29, 0.717) is 18.0 Å². The molecule has 1 heterocycles. The fourth-order valence-corrected chi connectivity index (χ4v) is 3.04. The molecule has 5 nitrogen and oxygen atoms in total. The lowest BCUT2D eigenvalue weighted by molar-refractivity contribution is -0.120. The molecule has 22 heavy (non-hydrogen) atoms. The summed E-state index contributed by atoms with van der Waals surface area (Å²) in [6, 6.07) is 7.69. The molecule has 0 aliphatic carbocycles. The number of piperidine rings is 1. The lowest BCUT2D eigenvalue weighted by atomic mass is 9.92. The van der Waals surface area contributed by atoms with Gasteiger partial charge in [-0.3, -0.25) is 4.79 Å². The summed E-state index contributed by atoms with van der Waals surface area (Å²) in [6.07, 6.45) is 1.85. The average Bonchev–Trinajstić information content (AvgIpc) is 2.48. The van der Waals surface area contributed by atoms with E-state index in [1.165, 1.54) is 14.0 Å². The van der Waals surface area contributed by atoms with Crippen molar-refractivity contribution >= 4 is 23.6 Å². The molecule has 0 unspecified atom stereocenters. The Morgan fingerprint density at radius 2 is 2.05 bits per heavy atom. The highest BCUT2D eigenvalue weighted by Gasteiger charge is 2.32. The van der Waals surface area contributed by atoms with Crippen LogP contribution in [0.15, 0.2) is 24.3 Å². The molecule has 0 radical (unpaired) electrons. The van der Waals surface area contributed by atoms with Gasteiger partial charge in [-0.15, -0.1) is 0 Å². The number of rotatable bonds is 3. The van der Waals surface area contributed by atoms with Crippen molar-refractivity contribution in [2.45, 2.75) is 38.3 Å². The zero-order chi connectivity index (χ0) is 16.1. The van der Waals surface area contributed by atoms with E-state index in [-0.39, 0.29) is 24.1 Å². The fraction of sp³-hybridized carbons (Fsp3) is 0.500. The molecule has 0 bridgehead atoms. The van der Waals surface area contributed by atoms with Crippen LogP contribution >= 0.6 is 11.6 Å². The van der Waals surface area contributed by atoms with Crippen LogP contribution in [-0.2, 0) is 16.0 Å². The predicted molar refractivity (Wildman–Crippen MR) is 84.9 cm³/mol. The van der Waals surface area contributed by atoms with Crippen LogP contribution in [0.25, 0.3) is 0 Å². The third-order valence-electron chi connectivity index (χ3n) is 3.92. The van der Waals surface area contributed by atoms with E-state index < -0.39 is 0 Å². The molecule has 0 spiro atoms. The normalized spacial score (nSPS) is 21.3. The Morgan fingerprint density at radius 1 is 1.36 bits per heavy atom. The summed E-state index contributed by atoms with van der Waals surface area (Å²) in [6.45, 7) is 2.09. The molecule has 1 aromatic carbocycles. The standard InChI is InChI=1S/C16H21ClN2O3/c1-11(20)18-14-7-8-19(16(21)22-2)15(10-14)9-12-3-5-13(17)6-4-12/h3-6,14-15H,7-10H2,1-2H3,(H,18,20)/t14-,15+/m0/s1. The average molecular weight is 325 g/mol. The van der Waals surface area contributed by atoms with Crippen molar-refractivity contribution in [2.24, 2.45) is 0 Å². The number of halogens is 1. The largest absolute Gasteiger partial charge is 0.453 e. The van der Waals surface area contributed by atoms with Gasteiger partial charge in [0.15, 0.2) is 0 Å². The quantitative estimate of drug-likeness (QED) is 0.929. The lowest BCUT2D eigenvalue weighted by Gasteiger charge is -2.38. The van der Waals surface area contributed by atoms with Gasteiger partial charge >= 0.3 is 6.09 Å². The Balaban J connectivity index is 2.10. The highest BCUT2D eigenvalue weighted by atomic mass is 35.5. The number of hydrogen-bond acceptors (Lipinski definition) is 3. The minimum atomic E-state index is -0.319. The van der Waals surface area contributed by atoms with Crippen molar-refractivity contribution < 1.29 is 14.3 Å². The molecule has 1 aromatic rings. The Kier molecular flexibility index (Phi) is 5.66. The maximum absolute atomic E-state index is 11.9. The van der Waals surface area contributed by atoms with Gasteiger partial charge in [-0.05, 0) is 37.0 Å². The second kappa shape index (κ2) is 7.49. The number of likely N-dealkylation sites (tertiary alicyclic amines) is 1. The van der Waals surface area contributed by atoms with Crippen LogP contribution < -0.4 is 5.32 Å². The van der Waals surface area contributed by atoms with E-state index >= 15 is 0 Å². The van der Waals surface area contributed by atoms with E-state index in [9.17, 15) is 9.59 Å². The number of methoxy groups -OCH3 is 1. The summed E-state index contributed by atoms with van der Waals surface area (Å²) in [5.74, 6) is -0.0400. The predicted octanol–water partition coefficient (Wildman–Crippen LogP) is 2.62. The number of hydrogen-bond donors (Lipinski definition) is 1. The van der Waals surface area contributed by atoms with Crippen molar-refractivity contribution in [3.63, 3.8) is 0 Å². The number of ether oxygens (including phenoxy) is 1. The Labute approximate surface area is 135 Å². The summed E-state index contributed by atoms with van der Waals surface area (Å²) in [4.78, 5) is 24.9. The summed E-state index contributed by atoms with van der Waals surface area (Å²) >= 11 is 5.90. The Morgan fingerprint density at radius 3 is 2.64 bits per heavy atom. The van der Waals surface area contributed by atoms with Gasteiger partial charge < -0.3 is 15.0 Å². The van der Waals surface area contributed by atoms with Crippen molar-refractivity contribution in [3.05, 3.63) is 34.9 Å². The van der Waals surface area contributed by atoms with Crippen LogP contribution in [0.1, 0.15) is 25.3 Å². The van der Waals surface area contributed by atoms with Crippen LogP contribution in [0.5, 0.6) is 0 Å². The fourth-order valence-electron chi connectivity index (χ4n) is 2.91. The molecule has 1 N–H and O–H groups in total. The molecule has 2 atom stereocenters. The minimum Gasteiger partial charge on any atom is -0.453 e. The van der Waals surface area contributed by atoms with Crippen molar-refractivity contribution in [1.82, 2.24) is 10.2 Å². The smallest absolute Gasteiger partial charge is 0.409 e. The molecule has 120 valence electrons. The van der Waals surface area contributed by atoms with Gasteiger partial charge in [0.25, 0.3) is 0 Å². The number of amides is 2. The molecule has 1 saturated heterocycles. The van der Waals surface area contributed by atoms with Crippen molar-refractivity contribution in [1.29, 1.82) is 0 Å². The van der Waals surface area contributed by atoms with E-state index in [2.05, 4.69) is 5.32 Å². The zero-order valence-corrected chi connectivity index (χ0v) is 13.6. The highest BCUT2D eigenvalue weighted by molar-refractivity contribution is 6.30. The second-order valence-electron chi connectivity index (χ2n) is 5.57. The molecule has 1 aliphatic rings. The first-order valence-corrected chi connectivity index (χ1v) is 7.73. The number of nitrogens with one attached hydrogen (secondary N) is 1. The molecule has 1 fully saturated rings. The Hall–Kier alpha value is -1.75. The lowest BCUT2D eigenvalue weighted by Crippen LogP contribution is -2.52. The van der Waals surface area contributed by atoms with E-state index in [0.717, 1.165) is 18.4 Å². The second-order valence-corrected chi connectivity index (χ2v) is 6.01. The molecular weight excluding hydrogens is 304 g/mol. The summed E-state index contributed by atoms with van der Waals surface area (Å²) in [7, 11) is 1.39. The topological polar surface area (TPSA) is 58.6 Å². The number of nitrogens with zero attached hydrogens (tertiary/aromatic N) is 1. The maximum Gasteiger partial charge on any atom is 0.409 e. The number of benzene rings is 1. The van der Waals surface area contributed by atoms with E-state index in [4.69, 9.17) is 16.3 Å². The third-order valence-corrected chi connectivity index (χ3v) is 4.17. The van der Waals surface area contributed by atoms with Gasteiger partial charge in [0.1, 0.15) is 0 Å². The first-order valence-electron chi connectivity index (χ1n) is 7.35. The summed E-state index contributed by atoms with van der Waals surface area (Å²) < 4.78 is 4.87. The van der Waals surface area contributed by atoms with Crippen LogP contribution in [0, 0.1) is 0 Å². The van der Waals surface area contributed by atoms with Gasteiger partial charge in [0.2, 0.25) is 5.91 Å².